The number of phenolic OH excluding ortho intramolecular Hbond substituents is 1. The van der Waals surface area contributed by atoms with Crippen LogP contribution in [0.4, 0.5) is 8.78 Å². The molecule has 1 aromatic rings. The Morgan fingerprint density at radius 1 is 1.38 bits per heavy atom. The van der Waals surface area contributed by atoms with Crippen LogP contribution in [0.3, 0.4) is 0 Å². The number of nitrogens with zero attached hydrogens (tertiary/aromatic N) is 1. The molecule has 1 aliphatic rings. The molecule has 1 saturated carbocycles. The van der Waals surface area contributed by atoms with E-state index in [1.165, 1.54) is 6.08 Å². The van der Waals surface area contributed by atoms with E-state index in [1.54, 1.807) is 0 Å². The average molecular weight is 225 g/mol. The minimum absolute atomic E-state index is 0.234. The number of aromatic hydroxyl groups is 1. The van der Waals surface area contributed by atoms with Crippen LogP contribution in [0, 0.1) is 11.6 Å². The van der Waals surface area contributed by atoms with Crippen LogP contribution in [-0.2, 0) is 10.3 Å². The number of phenols is 1. The van der Waals surface area contributed by atoms with Crippen LogP contribution in [-0.4, -0.2) is 11.2 Å². The number of isocyanates is 1. The minimum atomic E-state index is -1.14. The van der Waals surface area contributed by atoms with Crippen LogP contribution in [0.5, 0.6) is 5.75 Å². The molecule has 0 aliphatic heterocycles. The van der Waals surface area contributed by atoms with Gasteiger partial charge in [-0.3, -0.25) is 0 Å². The van der Waals surface area contributed by atoms with E-state index in [1.807, 2.05) is 0 Å². The SMILES string of the molecule is O=C=NC1(c2c(O)ccc(F)c2F)CCC1. The van der Waals surface area contributed by atoms with Crippen LogP contribution in [0.25, 0.3) is 0 Å². The van der Waals surface area contributed by atoms with Crippen LogP contribution < -0.4 is 0 Å². The highest BCUT2D eigenvalue weighted by Gasteiger charge is 2.43. The number of carbonyl (C=O) groups excluding carboxylic acids is 1. The first-order valence-corrected chi connectivity index (χ1v) is 4.87. The summed E-state index contributed by atoms with van der Waals surface area (Å²) >= 11 is 0. The topological polar surface area (TPSA) is 49.7 Å². The smallest absolute Gasteiger partial charge is 0.235 e. The van der Waals surface area contributed by atoms with Gasteiger partial charge in [0.05, 0.1) is 5.56 Å². The third-order valence-corrected chi connectivity index (χ3v) is 2.98. The first-order valence-electron chi connectivity index (χ1n) is 4.87. The zero-order valence-corrected chi connectivity index (χ0v) is 8.33. The van der Waals surface area contributed by atoms with Gasteiger partial charge in [0.25, 0.3) is 0 Å². The van der Waals surface area contributed by atoms with Gasteiger partial charge >= 0.3 is 0 Å². The standard InChI is InChI=1S/C11H9F2NO2/c12-7-2-3-8(16)9(10(7)13)11(14-6-15)4-1-5-11/h2-3,16H,1,4-5H2. The molecule has 0 radical (unpaired) electrons. The van der Waals surface area contributed by atoms with E-state index in [4.69, 9.17) is 0 Å². The van der Waals surface area contributed by atoms with Crippen molar-refractivity contribution in [1.29, 1.82) is 0 Å². The first kappa shape index (κ1) is 10.8. The second kappa shape index (κ2) is 3.68. The quantitative estimate of drug-likeness (QED) is 0.620. The summed E-state index contributed by atoms with van der Waals surface area (Å²) in [5.74, 6) is -2.57. The highest BCUT2D eigenvalue weighted by molar-refractivity contribution is 5.45. The summed E-state index contributed by atoms with van der Waals surface area (Å²) in [6, 6.07) is 1.90. The number of hydrogen-bond donors (Lipinski definition) is 1. The third kappa shape index (κ3) is 1.41. The van der Waals surface area contributed by atoms with Crippen molar-refractivity contribution in [1.82, 2.24) is 0 Å². The van der Waals surface area contributed by atoms with Gasteiger partial charge in [-0.2, -0.15) is 4.99 Å². The second-order valence-corrected chi connectivity index (χ2v) is 3.84. The molecule has 0 heterocycles. The molecule has 5 heteroatoms. The molecule has 1 fully saturated rings. The van der Waals surface area contributed by atoms with Gasteiger partial charge in [0, 0.05) is 0 Å². The number of aliphatic imine (C=N–C) groups is 1. The second-order valence-electron chi connectivity index (χ2n) is 3.84. The Morgan fingerprint density at radius 3 is 2.56 bits per heavy atom. The molecular formula is C11H9F2NO2. The highest BCUT2D eigenvalue weighted by atomic mass is 19.2. The summed E-state index contributed by atoms with van der Waals surface area (Å²) in [4.78, 5) is 13.8. The van der Waals surface area contributed by atoms with Crippen molar-refractivity contribution >= 4 is 6.08 Å². The molecule has 2 rings (SSSR count). The fourth-order valence-corrected chi connectivity index (χ4v) is 2.00. The molecule has 0 unspecified atom stereocenters. The molecule has 3 nitrogen and oxygen atoms in total. The van der Waals surface area contributed by atoms with Crippen molar-refractivity contribution < 1.29 is 18.7 Å². The van der Waals surface area contributed by atoms with Crippen molar-refractivity contribution in [3.63, 3.8) is 0 Å². The van der Waals surface area contributed by atoms with Crippen molar-refractivity contribution in [2.24, 2.45) is 4.99 Å². The first-order chi connectivity index (χ1) is 7.60. The Bertz CT molecular complexity index is 477. The Balaban J connectivity index is 2.62. The molecule has 0 aromatic heterocycles. The Hall–Kier alpha value is -1.74. The molecule has 1 aliphatic carbocycles. The molecule has 0 amide bonds. The third-order valence-electron chi connectivity index (χ3n) is 2.98. The molecule has 84 valence electrons. The maximum Gasteiger partial charge on any atom is 0.235 e. The molecule has 0 saturated heterocycles. The number of halogens is 2. The molecular weight excluding hydrogens is 216 g/mol. The number of hydrogen-bond acceptors (Lipinski definition) is 3. The van der Waals surface area contributed by atoms with Crippen LogP contribution in [0.2, 0.25) is 0 Å². The monoisotopic (exact) mass is 225 g/mol. The lowest BCUT2D eigenvalue weighted by Gasteiger charge is -2.37. The van der Waals surface area contributed by atoms with Crippen molar-refractivity contribution in [2.75, 3.05) is 0 Å². The normalized spacial score (nSPS) is 17.4. The van der Waals surface area contributed by atoms with Gasteiger partial charge in [0.1, 0.15) is 11.3 Å². The summed E-state index contributed by atoms with van der Waals surface area (Å²) in [6.45, 7) is 0. The Labute approximate surface area is 90.4 Å². The van der Waals surface area contributed by atoms with E-state index in [2.05, 4.69) is 4.99 Å². The lowest BCUT2D eigenvalue weighted by atomic mass is 9.72. The fraction of sp³-hybridized carbons (Fsp3) is 0.364. The molecule has 0 spiro atoms. The van der Waals surface area contributed by atoms with Crippen molar-refractivity contribution in [3.05, 3.63) is 29.3 Å². The minimum Gasteiger partial charge on any atom is -0.507 e. The summed E-state index contributed by atoms with van der Waals surface area (Å²) in [5, 5.41) is 9.55. The van der Waals surface area contributed by atoms with E-state index in [-0.39, 0.29) is 11.3 Å². The lowest BCUT2D eigenvalue weighted by Crippen LogP contribution is -2.33. The maximum atomic E-state index is 13.6. The van der Waals surface area contributed by atoms with Crippen molar-refractivity contribution in [3.8, 4) is 5.75 Å². The molecule has 0 bridgehead atoms. The van der Waals surface area contributed by atoms with Gasteiger partial charge in [0.2, 0.25) is 6.08 Å². The van der Waals surface area contributed by atoms with Gasteiger partial charge < -0.3 is 5.11 Å². The zero-order chi connectivity index (χ0) is 11.8. The van der Waals surface area contributed by atoms with E-state index in [0.29, 0.717) is 12.8 Å². The van der Waals surface area contributed by atoms with Crippen molar-refractivity contribution in [2.45, 2.75) is 24.8 Å². The average Bonchev–Trinajstić information content (AvgIpc) is 2.20. The summed E-state index contributed by atoms with van der Waals surface area (Å²) < 4.78 is 26.6. The maximum absolute atomic E-state index is 13.6. The molecule has 1 N–H and O–H groups in total. The summed E-state index contributed by atoms with van der Waals surface area (Å²) in [5.41, 5.74) is -1.36. The highest BCUT2D eigenvalue weighted by Crippen LogP contribution is 2.49. The predicted octanol–water partition coefficient (Wildman–Crippen LogP) is 2.39. The van der Waals surface area contributed by atoms with E-state index in [9.17, 15) is 18.7 Å². The lowest BCUT2D eigenvalue weighted by molar-refractivity contribution is 0.236. The van der Waals surface area contributed by atoms with E-state index < -0.39 is 17.2 Å². The largest absolute Gasteiger partial charge is 0.507 e. The molecule has 1 aromatic carbocycles. The van der Waals surface area contributed by atoms with Gasteiger partial charge in [-0.15, -0.1) is 0 Å². The molecule has 16 heavy (non-hydrogen) atoms. The van der Waals surface area contributed by atoms with E-state index in [0.717, 1.165) is 18.6 Å². The Kier molecular flexibility index (Phi) is 2.48. The Morgan fingerprint density at radius 2 is 2.06 bits per heavy atom. The molecule has 0 atom stereocenters. The fourth-order valence-electron chi connectivity index (χ4n) is 2.00. The zero-order valence-electron chi connectivity index (χ0n) is 8.33. The van der Waals surface area contributed by atoms with Gasteiger partial charge in [-0.1, -0.05) is 0 Å². The summed E-state index contributed by atoms with van der Waals surface area (Å²) in [6.07, 6.45) is 2.93. The van der Waals surface area contributed by atoms with E-state index >= 15 is 0 Å². The number of rotatable bonds is 2. The predicted molar refractivity (Wildman–Crippen MR) is 51.7 cm³/mol. The van der Waals surface area contributed by atoms with Gasteiger partial charge in [-0.25, -0.2) is 13.6 Å². The number of benzene rings is 1. The van der Waals surface area contributed by atoms with Crippen LogP contribution in [0.15, 0.2) is 17.1 Å². The summed E-state index contributed by atoms with van der Waals surface area (Å²) in [7, 11) is 0. The van der Waals surface area contributed by atoms with Gasteiger partial charge in [-0.05, 0) is 31.4 Å². The van der Waals surface area contributed by atoms with Crippen LogP contribution in [0.1, 0.15) is 24.8 Å². The van der Waals surface area contributed by atoms with Gasteiger partial charge in [0.15, 0.2) is 11.6 Å². The van der Waals surface area contributed by atoms with Crippen LogP contribution >= 0.6 is 0 Å².